The maximum atomic E-state index is 12.1. The lowest BCUT2D eigenvalue weighted by Gasteiger charge is -2.60. The summed E-state index contributed by atoms with van der Waals surface area (Å²) in [5.41, 5.74) is -0.849. The Morgan fingerprint density at radius 2 is 1.81 bits per heavy atom. The average molecular weight is 292 g/mol. The van der Waals surface area contributed by atoms with Crippen LogP contribution in [0.25, 0.3) is 0 Å². The topological polar surface area (TPSA) is 55.4 Å². The number of alkyl halides is 1. The number of hydroxylamine groups is 2. The second kappa shape index (κ2) is 4.63. The van der Waals surface area contributed by atoms with Gasteiger partial charge in [-0.1, -0.05) is 15.9 Å². The number of nitrogens with zero attached hydrogens (tertiary/aromatic N) is 1. The summed E-state index contributed by atoms with van der Waals surface area (Å²) in [5.74, 6) is -0.0176. The van der Waals surface area contributed by atoms with Crippen LogP contribution in [0, 0.1) is 5.21 Å². The summed E-state index contributed by atoms with van der Waals surface area (Å²) < 4.78 is 0. The van der Waals surface area contributed by atoms with Crippen LogP contribution in [0.3, 0.4) is 0 Å². The van der Waals surface area contributed by atoms with E-state index in [1.165, 1.54) is 0 Å². The number of piperidine rings is 1. The molecule has 0 bridgehead atoms. The summed E-state index contributed by atoms with van der Waals surface area (Å²) in [4.78, 5) is 11.3. The molecule has 1 amide bonds. The first kappa shape index (κ1) is 13.9. The van der Waals surface area contributed by atoms with Crippen molar-refractivity contribution in [2.45, 2.75) is 57.7 Å². The zero-order valence-corrected chi connectivity index (χ0v) is 11.9. The van der Waals surface area contributed by atoms with Crippen molar-refractivity contribution in [3.63, 3.8) is 0 Å². The molecule has 0 saturated carbocycles. The summed E-state index contributed by atoms with van der Waals surface area (Å²) in [6, 6.07) is 0.0836. The smallest absolute Gasteiger partial charge is 0.230 e. The zero-order valence-electron chi connectivity index (χ0n) is 10.3. The van der Waals surface area contributed by atoms with Gasteiger partial charge in [0.1, 0.15) is 0 Å². The molecule has 1 saturated heterocycles. The third kappa shape index (κ3) is 2.96. The van der Waals surface area contributed by atoms with E-state index in [2.05, 4.69) is 21.2 Å². The van der Waals surface area contributed by atoms with Gasteiger partial charge in [0.05, 0.1) is 5.33 Å². The molecule has 0 aromatic rings. The summed E-state index contributed by atoms with van der Waals surface area (Å²) in [7, 11) is 0. The van der Waals surface area contributed by atoms with E-state index >= 15 is 0 Å². The predicted octanol–water partition coefficient (Wildman–Crippen LogP) is 2.02. The van der Waals surface area contributed by atoms with Crippen LogP contribution in [-0.2, 0) is 4.79 Å². The van der Waals surface area contributed by atoms with Crippen molar-refractivity contribution in [3.8, 4) is 0 Å². The fourth-order valence-electron chi connectivity index (χ4n) is 2.63. The number of carbonyl (C=O) groups is 1. The van der Waals surface area contributed by atoms with Gasteiger partial charge in [-0.15, -0.1) is 0 Å². The van der Waals surface area contributed by atoms with Crippen molar-refractivity contribution in [2.75, 3.05) is 5.33 Å². The summed E-state index contributed by atoms with van der Waals surface area (Å²) in [5, 5.41) is 16.5. The normalized spacial score (nSPS) is 25.4. The Morgan fingerprint density at radius 1 is 1.38 bits per heavy atom. The van der Waals surface area contributed by atoms with Crippen LogP contribution in [0.1, 0.15) is 40.5 Å². The highest BCUT2D eigenvalue weighted by Gasteiger charge is 2.40. The van der Waals surface area contributed by atoms with Crippen LogP contribution >= 0.6 is 15.9 Å². The first-order valence-corrected chi connectivity index (χ1v) is 6.64. The fraction of sp³-hybridized carbons (Fsp3) is 0.909. The molecule has 1 fully saturated rings. The van der Waals surface area contributed by atoms with Gasteiger partial charge in [-0.2, -0.15) is 0 Å². The SMILES string of the molecule is CC1(C)CC(NC(=O)CBr)CC(C)(C)N1[O-]. The van der Waals surface area contributed by atoms with Gasteiger partial charge >= 0.3 is 0 Å². The van der Waals surface area contributed by atoms with Crippen molar-refractivity contribution >= 4 is 21.8 Å². The highest BCUT2D eigenvalue weighted by molar-refractivity contribution is 9.09. The van der Waals surface area contributed by atoms with Crippen LogP contribution in [0.5, 0.6) is 0 Å². The molecule has 94 valence electrons. The standard InChI is InChI=1S/C11H20BrN2O2/c1-10(2)5-8(13-9(15)7-12)6-11(3,4)14(10)16/h8H,5-7H2,1-4H3,(H,13,15)/q-1. The number of hydrogen-bond donors (Lipinski definition) is 1. The number of nitrogens with one attached hydrogen (secondary N) is 1. The van der Waals surface area contributed by atoms with Crippen LogP contribution < -0.4 is 5.32 Å². The Balaban J connectivity index is 2.75. The highest BCUT2D eigenvalue weighted by atomic mass is 79.9. The fourth-order valence-corrected chi connectivity index (χ4v) is 2.79. The Morgan fingerprint density at radius 3 is 2.19 bits per heavy atom. The minimum atomic E-state index is -0.425. The minimum Gasteiger partial charge on any atom is -0.784 e. The molecule has 0 aliphatic carbocycles. The lowest BCUT2D eigenvalue weighted by atomic mass is 9.79. The van der Waals surface area contributed by atoms with Gasteiger partial charge < -0.3 is 15.6 Å². The van der Waals surface area contributed by atoms with Crippen molar-refractivity contribution in [3.05, 3.63) is 5.21 Å². The first-order valence-electron chi connectivity index (χ1n) is 5.52. The summed E-state index contributed by atoms with van der Waals surface area (Å²) in [6.07, 6.45) is 1.39. The molecule has 1 heterocycles. The molecular weight excluding hydrogens is 272 g/mol. The maximum absolute atomic E-state index is 12.1. The van der Waals surface area contributed by atoms with Crippen LogP contribution in [0.2, 0.25) is 0 Å². The molecule has 0 aromatic carbocycles. The molecule has 1 aliphatic heterocycles. The Kier molecular flexibility index (Phi) is 4.03. The van der Waals surface area contributed by atoms with Crippen LogP contribution in [0.4, 0.5) is 0 Å². The van der Waals surface area contributed by atoms with Crippen molar-refractivity contribution < 1.29 is 4.79 Å². The van der Waals surface area contributed by atoms with Gasteiger partial charge in [-0.3, -0.25) is 4.79 Å². The molecule has 1 rings (SSSR count). The lowest BCUT2D eigenvalue weighted by Crippen LogP contribution is -2.62. The van der Waals surface area contributed by atoms with Crippen molar-refractivity contribution in [1.29, 1.82) is 0 Å². The van der Waals surface area contributed by atoms with Gasteiger partial charge in [-0.05, 0) is 40.5 Å². The predicted molar refractivity (Wildman–Crippen MR) is 68.3 cm³/mol. The van der Waals surface area contributed by atoms with Gasteiger partial charge in [0.2, 0.25) is 5.91 Å². The molecule has 1 aliphatic rings. The van der Waals surface area contributed by atoms with Gasteiger partial charge in [0.25, 0.3) is 0 Å². The molecule has 5 heteroatoms. The monoisotopic (exact) mass is 291 g/mol. The van der Waals surface area contributed by atoms with Crippen molar-refractivity contribution in [2.24, 2.45) is 0 Å². The molecule has 4 nitrogen and oxygen atoms in total. The van der Waals surface area contributed by atoms with E-state index in [1.54, 1.807) is 0 Å². The first-order chi connectivity index (χ1) is 7.19. The van der Waals surface area contributed by atoms with E-state index in [1.807, 2.05) is 27.7 Å². The van der Waals surface area contributed by atoms with E-state index in [-0.39, 0.29) is 11.9 Å². The molecule has 16 heavy (non-hydrogen) atoms. The van der Waals surface area contributed by atoms with E-state index in [9.17, 15) is 10.0 Å². The van der Waals surface area contributed by atoms with Gasteiger partial charge in [-0.25, -0.2) is 0 Å². The summed E-state index contributed by atoms with van der Waals surface area (Å²) in [6.45, 7) is 7.70. The number of amides is 1. The molecule has 1 N–H and O–H groups in total. The highest BCUT2D eigenvalue weighted by Crippen LogP contribution is 2.37. The minimum absolute atomic E-state index is 0.0176. The Bertz CT molecular complexity index is 261. The van der Waals surface area contributed by atoms with E-state index in [4.69, 9.17) is 0 Å². The Labute approximate surface area is 105 Å². The van der Waals surface area contributed by atoms with Crippen molar-refractivity contribution in [1.82, 2.24) is 10.4 Å². The Hall–Kier alpha value is -0.130. The van der Waals surface area contributed by atoms with E-state index in [0.717, 1.165) is 5.06 Å². The number of hydrogen-bond acceptors (Lipinski definition) is 3. The lowest BCUT2D eigenvalue weighted by molar-refractivity contribution is -0.120. The molecule has 0 radical (unpaired) electrons. The van der Waals surface area contributed by atoms with Gasteiger partial charge in [0, 0.05) is 17.1 Å². The third-order valence-electron chi connectivity index (χ3n) is 3.08. The molecule has 0 unspecified atom stereocenters. The van der Waals surface area contributed by atoms with E-state index in [0.29, 0.717) is 18.2 Å². The van der Waals surface area contributed by atoms with Crippen LogP contribution in [-0.4, -0.2) is 33.4 Å². The molecule has 0 atom stereocenters. The van der Waals surface area contributed by atoms with Crippen LogP contribution in [0.15, 0.2) is 0 Å². The average Bonchev–Trinajstić information content (AvgIpc) is 2.13. The number of carbonyl (C=O) groups excluding carboxylic acids is 1. The number of rotatable bonds is 2. The van der Waals surface area contributed by atoms with Gasteiger partial charge in [0.15, 0.2) is 0 Å². The quantitative estimate of drug-likeness (QED) is 0.792. The zero-order chi connectivity index (χ0) is 12.6. The number of halogens is 1. The van der Waals surface area contributed by atoms with E-state index < -0.39 is 11.1 Å². The second-order valence-corrected chi connectivity index (χ2v) is 6.29. The molecule has 0 spiro atoms. The largest absolute Gasteiger partial charge is 0.784 e. The summed E-state index contributed by atoms with van der Waals surface area (Å²) >= 11 is 3.13. The molecular formula is C11H20BrN2O2-. The molecule has 0 aromatic heterocycles. The second-order valence-electron chi connectivity index (χ2n) is 5.73. The third-order valence-corrected chi connectivity index (χ3v) is 3.59. The maximum Gasteiger partial charge on any atom is 0.230 e.